The maximum absolute atomic E-state index is 13.1. The largest absolute Gasteiger partial charge is 0.426 e. The second kappa shape index (κ2) is 11.3. The lowest BCUT2D eigenvalue weighted by atomic mass is 10.2. The zero-order chi connectivity index (χ0) is 24.1. The van der Waals surface area contributed by atoms with Gasteiger partial charge in [-0.25, -0.2) is 4.79 Å². The van der Waals surface area contributed by atoms with Crippen LogP contribution >= 0.6 is 39.0 Å². The lowest BCUT2D eigenvalue weighted by Gasteiger charge is -2.16. The topological polar surface area (TPSA) is 90.3 Å². The smallest absolute Gasteiger partial charge is 0.354 e. The van der Waals surface area contributed by atoms with Crippen LogP contribution in [0.4, 0.5) is 10.2 Å². The van der Waals surface area contributed by atoms with Gasteiger partial charge in [0.2, 0.25) is 0 Å². The first kappa shape index (κ1) is 25.4. The quantitative estimate of drug-likeness (QED) is 0.162. The van der Waals surface area contributed by atoms with Crippen LogP contribution < -0.4 is 15.7 Å². The molecule has 0 spiro atoms. The Bertz CT molecular complexity index is 1210. The Labute approximate surface area is 207 Å². The van der Waals surface area contributed by atoms with Crippen LogP contribution in [0, 0.1) is 13.8 Å². The summed E-state index contributed by atoms with van der Waals surface area (Å²) in [7, 11) is 0. The first-order valence-electron chi connectivity index (χ1n) is 10.2. The third kappa shape index (κ3) is 6.01. The highest BCUT2D eigenvalue weighted by atomic mass is 79.9. The summed E-state index contributed by atoms with van der Waals surface area (Å²) >= 11 is 6.40. The maximum Gasteiger partial charge on any atom is 0.354 e. The third-order valence-electron chi connectivity index (χ3n) is 4.81. The summed E-state index contributed by atoms with van der Waals surface area (Å²) in [6, 6.07) is 4.70. The summed E-state index contributed by atoms with van der Waals surface area (Å²) in [5, 5.41) is 2.72. The molecular weight excluding hydrogens is 533 g/mol. The van der Waals surface area contributed by atoms with Crippen molar-refractivity contribution in [2.45, 2.75) is 44.2 Å². The van der Waals surface area contributed by atoms with E-state index in [0.717, 1.165) is 33.4 Å². The van der Waals surface area contributed by atoms with E-state index < -0.39 is 17.6 Å². The number of fused-ring (bicyclic) bond motifs is 1. The van der Waals surface area contributed by atoms with Crippen LogP contribution in [-0.4, -0.2) is 33.9 Å². The molecule has 0 radical (unpaired) electrons. The SMILES string of the molecule is CC(=O)Oc1ccc(Br)cc1C(=O)Nc1nc(=O)n2c(C)c(C)sc(SCCCCCF)c1-2. The number of anilines is 1. The normalized spacial score (nSPS) is 11.1. The molecular formula is C22H23BrFN3O4S2. The van der Waals surface area contributed by atoms with Crippen molar-refractivity contribution in [2.75, 3.05) is 17.7 Å². The van der Waals surface area contributed by atoms with Crippen molar-refractivity contribution >= 4 is 56.7 Å². The van der Waals surface area contributed by atoms with E-state index in [1.807, 2.05) is 13.8 Å². The van der Waals surface area contributed by atoms with Crippen molar-refractivity contribution in [1.82, 2.24) is 9.55 Å². The van der Waals surface area contributed by atoms with E-state index in [-0.39, 0.29) is 23.8 Å². The minimum atomic E-state index is -0.560. The Morgan fingerprint density at radius 3 is 2.73 bits per heavy atom. The number of benzene rings is 1. The zero-order valence-electron chi connectivity index (χ0n) is 18.4. The van der Waals surface area contributed by atoms with E-state index >= 15 is 0 Å². The number of nitrogens with zero attached hydrogens (tertiary/aromatic N) is 2. The molecule has 2 heterocycles. The predicted molar refractivity (Wildman–Crippen MR) is 132 cm³/mol. The Kier molecular flexibility index (Phi) is 8.66. The maximum atomic E-state index is 13.1. The molecule has 3 rings (SSSR count). The molecule has 0 bridgehead atoms. The third-order valence-corrected chi connectivity index (χ3v) is 7.84. The van der Waals surface area contributed by atoms with Gasteiger partial charge >= 0.3 is 11.7 Å². The Morgan fingerprint density at radius 2 is 2.03 bits per heavy atom. The van der Waals surface area contributed by atoms with Crippen LogP contribution in [0.2, 0.25) is 0 Å². The Morgan fingerprint density at radius 1 is 1.27 bits per heavy atom. The average Bonchev–Trinajstić information content (AvgIpc) is 3.08. The molecule has 2 aliphatic rings. The number of esters is 1. The fourth-order valence-electron chi connectivity index (χ4n) is 3.14. The molecule has 2 aliphatic heterocycles. The number of hydrogen-bond donors (Lipinski definition) is 1. The number of hydrogen-bond acceptors (Lipinski definition) is 7. The minimum Gasteiger partial charge on any atom is -0.426 e. The van der Waals surface area contributed by atoms with Gasteiger partial charge in [-0.1, -0.05) is 22.4 Å². The van der Waals surface area contributed by atoms with Crippen LogP contribution in [-0.2, 0) is 4.79 Å². The highest BCUT2D eigenvalue weighted by molar-refractivity contribution is 9.10. The summed E-state index contributed by atoms with van der Waals surface area (Å²) in [4.78, 5) is 42.3. The number of imidazole rings is 1. The molecule has 0 aliphatic carbocycles. The van der Waals surface area contributed by atoms with E-state index in [1.165, 1.54) is 35.0 Å². The molecule has 0 saturated carbocycles. The standard InChI is InChI=1S/C22H23BrFN3O4S2/c1-12-13(2)33-21(32-10-6-4-5-9-24)18-19(26-22(30)27(12)18)25-20(29)16-11-15(23)7-8-17(16)31-14(3)28/h7-8,11H,4-6,9-10H2,1-3H3,(H,25,26,29,30). The van der Waals surface area contributed by atoms with Crippen LogP contribution in [0.25, 0.3) is 5.69 Å². The molecule has 33 heavy (non-hydrogen) atoms. The molecule has 7 nitrogen and oxygen atoms in total. The Hall–Kier alpha value is -2.24. The molecule has 1 aromatic rings. The second-order valence-corrected chi connectivity index (χ2v) is 10.7. The molecule has 0 fully saturated rings. The molecule has 0 atom stereocenters. The molecule has 0 saturated heterocycles. The van der Waals surface area contributed by atoms with Crippen molar-refractivity contribution in [2.24, 2.45) is 0 Å². The first-order valence-corrected chi connectivity index (χ1v) is 12.8. The summed E-state index contributed by atoms with van der Waals surface area (Å²) < 4.78 is 20.5. The van der Waals surface area contributed by atoms with Gasteiger partial charge in [-0.3, -0.25) is 18.5 Å². The summed E-state index contributed by atoms with van der Waals surface area (Å²) in [5.74, 6) is -0.116. The number of amides is 1. The molecule has 1 aromatic carbocycles. The lowest BCUT2D eigenvalue weighted by Crippen LogP contribution is -2.17. The first-order chi connectivity index (χ1) is 15.7. The van der Waals surface area contributed by atoms with Gasteiger partial charge < -0.3 is 10.1 Å². The molecule has 1 amide bonds. The molecule has 1 N–H and O–H groups in total. The van der Waals surface area contributed by atoms with E-state index in [2.05, 4.69) is 26.2 Å². The van der Waals surface area contributed by atoms with Crippen molar-refractivity contribution in [3.8, 4) is 11.4 Å². The van der Waals surface area contributed by atoms with Gasteiger partial charge in [0.25, 0.3) is 5.91 Å². The molecule has 0 unspecified atom stereocenters. The van der Waals surface area contributed by atoms with Gasteiger partial charge in [0.15, 0.2) is 5.82 Å². The van der Waals surface area contributed by atoms with Crippen LogP contribution in [0.15, 0.2) is 31.7 Å². The number of rotatable bonds is 9. The molecule has 176 valence electrons. The fourth-order valence-corrected chi connectivity index (χ4v) is 6.02. The van der Waals surface area contributed by atoms with Crippen molar-refractivity contribution in [3.63, 3.8) is 0 Å². The number of thioether (sulfide) groups is 1. The summed E-state index contributed by atoms with van der Waals surface area (Å²) in [5.41, 5.74) is 0.919. The van der Waals surface area contributed by atoms with E-state index in [1.54, 1.807) is 17.8 Å². The van der Waals surface area contributed by atoms with Crippen LogP contribution in [0.5, 0.6) is 5.75 Å². The number of nitrogens with one attached hydrogen (secondary N) is 1. The summed E-state index contributed by atoms with van der Waals surface area (Å²) in [6.07, 6.45) is 2.15. The zero-order valence-corrected chi connectivity index (χ0v) is 21.6. The number of unbranched alkanes of at least 4 members (excludes halogenated alkanes) is 2. The van der Waals surface area contributed by atoms with Crippen molar-refractivity contribution in [1.29, 1.82) is 0 Å². The Balaban J connectivity index is 1.97. The van der Waals surface area contributed by atoms with Crippen molar-refractivity contribution < 1.29 is 18.7 Å². The van der Waals surface area contributed by atoms with E-state index in [0.29, 0.717) is 16.6 Å². The monoisotopic (exact) mass is 555 g/mol. The predicted octanol–water partition coefficient (Wildman–Crippen LogP) is 5.52. The molecule has 11 heteroatoms. The van der Waals surface area contributed by atoms with Crippen LogP contribution in [0.3, 0.4) is 0 Å². The fraction of sp³-hybridized carbons (Fsp3) is 0.364. The van der Waals surface area contributed by atoms with Gasteiger partial charge in [0.05, 0.1) is 16.4 Å². The summed E-state index contributed by atoms with van der Waals surface area (Å²) in [6.45, 7) is 4.68. The van der Waals surface area contributed by atoms with Gasteiger partial charge in [-0.15, -0.1) is 23.1 Å². The van der Waals surface area contributed by atoms with Gasteiger partial charge in [0, 0.05) is 22.0 Å². The van der Waals surface area contributed by atoms with Gasteiger partial charge in [0.1, 0.15) is 11.4 Å². The highest BCUT2D eigenvalue weighted by Crippen LogP contribution is 2.38. The average molecular weight is 556 g/mol. The lowest BCUT2D eigenvalue weighted by molar-refractivity contribution is -0.131. The number of alkyl halides is 1. The highest BCUT2D eigenvalue weighted by Gasteiger charge is 2.26. The number of carbonyl (C=O) groups is 2. The number of carbonyl (C=O) groups excluding carboxylic acids is 2. The van der Waals surface area contributed by atoms with Crippen molar-refractivity contribution in [3.05, 3.63) is 49.3 Å². The second-order valence-electron chi connectivity index (χ2n) is 7.24. The minimum absolute atomic E-state index is 0.103. The number of aromatic nitrogens is 2. The van der Waals surface area contributed by atoms with E-state index in [4.69, 9.17) is 4.74 Å². The number of aryl methyl sites for hydroxylation is 1. The van der Waals surface area contributed by atoms with E-state index in [9.17, 15) is 18.8 Å². The number of halogens is 2. The van der Waals surface area contributed by atoms with Gasteiger partial charge in [-0.2, -0.15) is 4.98 Å². The van der Waals surface area contributed by atoms with Crippen LogP contribution in [0.1, 0.15) is 47.1 Å². The van der Waals surface area contributed by atoms with Gasteiger partial charge in [-0.05, 0) is 50.6 Å². The number of ether oxygens (including phenoxy) is 1. The molecule has 0 aromatic heterocycles.